The molecule has 0 heterocycles. The molecule has 108 valence electrons. The van der Waals surface area contributed by atoms with Gasteiger partial charge in [0.05, 0.1) is 0 Å². The quantitative estimate of drug-likeness (QED) is 0.431. The highest BCUT2D eigenvalue weighted by Crippen LogP contribution is 2.50. The first kappa shape index (κ1) is 16.1. The summed E-state index contributed by atoms with van der Waals surface area (Å²) in [5.74, 6) is 5.82. The van der Waals surface area contributed by atoms with Crippen LogP contribution >= 0.6 is 0 Å². The third-order valence-electron chi connectivity index (χ3n) is 5.21. The van der Waals surface area contributed by atoms with E-state index in [1.807, 2.05) is 0 Å². The van der Waals surface area contributed by atoms with Crippen molar-refractivity contribution in [3.05, 3.63) is 0 Å². The molecular formula is C18H36. The molecule has 0 nitrogen and oxygen atoms in total. The largest absolute Gasteiger partial charge is 0.0628 e. The van der Waals surface area contributed by atoms with Crippen molar-refractivity contribution in [2.45, 2.75) is 80.1 Å². The fraction of sp³-hybridized carbons (Fsp3) is 1.00. The topological polar surface area (TPSA) is 0 Å². The molecule has 0 heteroatoms. The molecular weight excluding hydrogens is 216 g/mol. The van der Waals surface area contributed by atoms with Gasteiger partial charge in [0.2, 0.25) is 0 Å². The zero-order chi connectivity index (χ0) is 13.7. The molecule has 4 unspecified atom stereocenters. The first-order valence-electron chi connectivity index (χ1n) is 8.41. The average Bonchev–Trinajstić information content (AvgIpc) is 3.03. The minimum absolute atomic E-state index is 0.868. The summed E-state index contributed by atoms with van der Waals surface area (Å²) in [6.45, 7) is 14.4. The van der Waals surface area contributed by atoms with E-state index in [0.29, 0.717) is 0 Å². The Balaban J connectivity index is 2.08. The van der Waals surface area contributed by atoms with Crippen LogP contribution in [0.4, 0.5) is 0 Å². The maximum Gasteiger partial charge on any atom is -0.0357 e. The highest BCUT2D eigenvalue weighted by Gasteiger charge is 2.40. The monoisotopic (exact) mass is 252 g/mol. The highest BCUT2D eigenvalue weighted by molar-refractivity contribution is 4.90. The first-order chi connectivity index (χ1) is 8.41. The van der Waals surface area contributed by atoms with Crippen molar-refractivity contribution in [2.75, 3.05) is 0 Å². The summed E-state index contributed by atoms with van der Waals surface area (Å²) in [7, 11) is 0. The summed E-state index contributed by atoms with van der Waals surface area (Å²) in [6, 6.07) is 0. The fourth-order valence-corrected chi connectivity index (χ4v) is 3.22. The minimum Gasteiger partial charge on any atom is -0.0628 e. The van der Waals surface area contributed by atoms with Gasteiger partial charge in [0.25, 0.3) is 0 Å². The van der Waals surface area contributed by atoms with Gasteiger partial charge in [-0.1, -0.05) is 67.2 Å². The molecule has 0 N–H and O–H groups in total. The van der Waals surface area contributed by atoms with E-state index < -0.39 is 0 Å². The van der Waals surface area contributed by atoms with Crippen LogP contribution in [0.5, 0.6) is 0 Å². The van der Waals surface area contributed by atoms with Crippen LogP contribution < -0.4 is 0 Å². The van der Waals surface area contributed by atoms with Gasteiger partial charge in [-0.05, 0) is 48.3 Å². The predicted octanol–water partition coefficient (Wildman–Crippen LogP) is 6.16. The second-order valence-electron chi connectivity index (χ2n) is 7.77. The van der Waals surface area contributed by atoms with Crippen LogP contribution in [-0.2, 0) is 0 Å². The fourth-order valence-electron chi connectivity index (χ4n) is 3.22. The molecule has 0 saturated heterocycles. The van der Waals surface area contributed by atoms with Crippen LogP contribution in [0, 0.1) is 35.5 Å². The van der Waals surface area contributed by atoms with Gasteiger partial charge in [-0.2, -0.15) is 0 Å². The molecule has 1 aliphatic carbocycles. The van der Waals surface area contributed by atoms with Crippen molar-refractivity contribution >= 4 is 0 Å². The van der Waals surface area contributed by atoms with Gasteiger partial charge in [0, 0.05) is 0 Å². The number of hydrogen-bond acceptors (Lipinski definition) is 0. The summed E-state index contributed by atoms with van der Waals surface area (Å²) in [6.07, 6.45) is 8.82. The summed E-state index contributed by atoms with van der Waals surface area (Å²) in [4.78, 5) is 0. The molecule has 0 spiro atoms. The van der Waals surface area contributed by atoms with Gasteiger partial charge < -0.3 is 0 Å². The Bertz CT molecular complexity index is 216. The molecule has 4 atom stereocenters. The molecule has 0 aliphatic heterocycles. The average molecular weight is 252 g/mol. The standard InChI is InChI=1S/C18H36/c1-13(2)9-7-8-10-15(5)18-12-17(18)11-16(6)14(3)4/h13-18H,7-12H2,1-6H3. The Kier molecular flexibility index (Phi) is 6.74. The molecule has 0 amide bonds. The Morgan fingerprint density at radius 3 is 2.06 bits per heavy atom. The zero-order valence-electron chi connectivity index (χ0n) is 13.7. The van der Waals surface area contributed by atoms with E-state index >= 15 is 0 Å². The lowest BCUT2D eigenvalue weighted by molar-refractivity contribution is 0.340. The van der Waals surface area contributed by atoms with E-state index in [9.17, 15) is 0 Å². The molecule has 18 heavy (non-hydrogen) atoms. The maximum atomic E-state index is 2.50. The van der Waals surface area contributed by atoms with E-state index in [4.69, 9.17) is 0 Å². The summed E-state index contributed by atoms with van der Waals surface area (Å²) in [5, 5.41) is 0. The molecule has 0 radical (unpaired) electrons. The van der Waals surface area contributed by atoms with Crippen molar-refractivity contribution in [1.29, 1.82) is 0 Å². The number of unbranched alkanes of at least 4 members (excludes halogenated alkanes) is 1. The molecule has 1 rings (SSSR count). The van der Waals surface area contributed by atoms with Gasteiger partial charge >= 0.3 is 0 Å². The van der Waals surface area contributed by atoms with Crippen molar-refractivity contribution in [3.63, 3.8) is 0 Å². The SMILES string of the molecule is CC(C)CCCCC(C)C1CC1CC(C)C(C)C. The van der Waals surface area contributed by atoms with Crippen LogP contribution in [0.15, 0.2) is 0 Å². The third kappa shape index (κ3) is 5.76. The Morgan fingerprint density at radius 2 is 1.50 bits per heavy atom. The smallest absolute Gasteiger partial charge is 0.0357 e. The maximum absolute atomic E-state index is 2.50. The van der Waals surface area contributed by atoms with E-state index in [1.165, 1.54) is 38.5 Å². The van der Waals surface area contributed by atoms with Crippen LogP contribution in [-0.4, -0.2) is 0 Å². The van der Waals surface area contributed by atoms with Crippen LogP contribution in [0.3, 0.4) is 0 Å². The lowest BCUT2D eigenvalue weighted by Gasteiger charge is -2.16. The normalized spacial score (nSPS) is 26.7. The van der Waals surface area contributed by atoms with Gasteiger partial charge in [0.15, 0.2) is 0 Å². The van der Waals surface area contributed by atoms with Crippen molar-refractivity contribution < 1.29 is 0 Å². The Labute approximate surface area is 116 Å². The van der Waals surface area contributed by atoms with Crippen molar-refractivity contribution in [3.8, 4) is 0 Å². The highest BCUT2D eigenvalue weighted by atomic mass is 14.5. The number of hydrogen-bond donors (Lipinski definition) is 0. The van der Waals surface area contributed by atoms with E-state index in [-0.39, 0.29) is 0 Å². The van der Waals surface area contributed by atoms with E-state index in [0.717, 1.165) is 35.5 Å². The van der Waals surface area contributed by atoms with E-state index in [2.05, 4.69) is 41.5 Å². The third-order valence-corrected chi connectivity index (χ3v) is 5.21. The second-order valence-corrected chi connectivity index (χ2v) is 7.77. The van der Waals surface area contributed by atoms with Gasteiger partial charge in [-0.15, -0.1) is 0 Å². The van der Waals surface area contributed by atoms with Crippen molar-refractivity contribution in [2.24, 2.45) is 35.5 Å². The first-order valence-corrected chi connectivity index (χ1v) is 8.41. The Hall–Kier alpha value is 0. The van der Waals surface area contributed by atoms with Gasteiger partial charge in [-0.3, -0.25) is 0 Å². The van der Waals surface area contributed by atoms with Crippen LogP contribution in [0.1, 0.15) is 80.1 Å². The molecule has 1 aliphatic rings. The zero-order valence-corrected chi connectivity index (χ0v) is 13.7. The summed E-state index contributed by atoms with van der Waals surface area (Å²) in [5.41, 5.74) is 0. The van der Waals surface area contributed by atoms with Crippen LogP contribution in [0.2, 0.25) is 0 Å². The lowest BCUT2D eigenvalue weighted by Crippen LogP contribution is -2.07. The Morgan fingerprint density at radius 1 is 0.889 bits per heavy atom. The summed E-state index contributed by atoms with van der Waals surface area (Å²) >= 11 is 0. The molecule has 0 aromatic heterocycles. The lowest BCUT2D eigenvalue weighted by atomic mass is 9.89. The number of rotatable bonds is 9. The van der Waals surface area contributed by atoms with E-state index in [1.54, 1.807) is 0 Å². The molecule has 0 aromatic rings. The minimum atomic E-state index is 0.868. The molecule has 0 bridgehead atoms. The molecule has 1 saturated carbocycles. The summed E-state index contributed by atoms with van der Waals surface area (Å²) < 4.78 is 0. The van der Waals surface area contributed by atoms with Gasteiger partial charge in [0.1, 0.15) is 0 Å². The van der Waals surface area contributed by atoms with Gasteiger partial charge in [-0.25, -0.2) is 0 Å². The predicted molar refractivity (Wildman–Crippen MR) is 82.7 cm³/mol. The molecule has 0 aromatic carbocycles. The molecule has 1 fully saturated rings. The van der Waals surface area contributed by atoms with Crippen LogP contribution in [0.25, 0.3) is 0 Å². The van der Waals surface area contributed by atoms with Crippen molar-refractivity contribution in [1.82, 2.24) is 0 Å². The second kappa shape index (κ2) is 7.56.